The van der Waals surface area contributed by atoms with Gasteiger partial charge in [-0.1, -0.05) is 0 Å². The maximum atomic E-state index is 12.8. The van der Waals surface area contributed by atoms with E-state index in [1.807, 2.05) is 19.9 Å². The molecule has 0 radical (unpaired) electrons. The molecular formula is C18H26N4O3. The highest BCUT2D eigenvalue weighted by Crippen LogP contribution is 2.19. The highest BCUT2D eigenvalue weighted by molar-refractivity contribution is 5.97. The molecule has 7 heteroatoms. The Hall–Kier alpha value is -2.15. The van der Waals surface area contributed by atoms with E-state index < -0.39 is 6.04 Å². The smallest absolute Gasteiger partial charge is 0.256 e. The summed E-state index contributed by atoms with van der Waals surface area (Å²) >= 11 is 0. The molecule has 3 heterocycles. The summed E-state index contributed by atoms with van der Waals surface area (Å²) < 4.78 is 5.74. The molecule has 0 aromatic carbocycles. The van der Waals surface area contributed by atoms with E-state index in [4.69, 9.17) is 4.74 Å². The molecule has 2 fully saturated rings. The molecule has 1 N–H and O–H groups in total. The van der Waals surface area contributed by atoms with Crippen molar-refractivity contribution in [1.29, 1.82) is 0 Å². The molecule has 3 rings (SSSR count). The maximum absolute atomic E-state index is 12.8. The Morgan fingerprint density at radius 2 is 1.96 bits per heavy atom. The molecular weight excluding hydrogens is 320 g/mol. The highest BCUT2D eigenvalue weighted by atomic mass is 16.5. The first kappa shape index (κ1) is 17.7. The van der Waals surface area contributed by atoms with Crippen LogP contribution in [0.1, 0.15) is 37.6 Å². The summed E-state index contributed by atoms with van der Waals surface area (Å²) in [5, 5.41) is 2.82. The van der Waals surface area contributed by atoms with Crippen LogP contribution in [0.15, 0.2) is 18.3 Å². The fourth-order valence-corrected chi connectivity index (χ4v) is 3.45. The third-order valence-electron chi connectivity index (χ3n) is 4.72. The second kappa shape index (κ2) is 7.39. The molecule has 2 aliphatic heterocycles. The molecule has 0 bridgehead atoms. The van der Waals surface area contributed by atoms with Crippen molar-refractivity contribution in [3.8, 4) is 0 Å². The Morgan fingerprint density at radius 1 is 1.24 bits per heavy atom. The van der Waals surface area contributed by atoms with Gasteiger partial charge in [0, 0.05) is 32.4 Å². The number of rotatable bonds is 2. The molecule has 0 saturated carbocycles. The zero-order valence-electron chi connectivity index (χ0n) is 15.1. The fraction of sp³-hybridized carbons (Fsp3) is 0.611. The second-order valence-electron chi connectivity index (χ2n) is 6.89. The standard InChI is InChI=1S/C18H26N4O3/c1-12-10-21(11-13(2)25-12)16-6-5-15(9-20-16)18(24)22-8-4-7-19-17(23)14(22)3/h5-6,9,12-14H,4,7-8,10-11H2,1-3H3,(H,19,23). The molecule has 0 spiro atoms. The van der Waals surface area contributed by atoms with Crippen molar-refractivity contribution in [3.63, 3.8) is 0 Å². The molecule has 2 saturated heterocycles. The second-order valence-corrected chi connectivity index (χ2v) is 6.89. The zero-order valence-corrected chi connectivity index (χ0v) is 15.1. The summed E-state index contributed by atoms with van der Waals surface area (Å²) in [7, 11) is 0. The van der Waals surface area contributed by atoms with Crippen LogP contribution in [0, 0.1) is 0 Å². The normalized spacial score (nSPS) is 27.6. The van der Waals surface area contributed by atoms with E-state index in [0.717, 1.165) is 25.3 Å². The van der Waals surface area contributed by atoms with Crippen LogP contribution in [0.5, 0.6) is 0 Å². The van der Waals surface area contributed by atoms with Crippen molar-refractivity contribution in [2.24, 2.45) is 0 Å². The number of hydrogen-bond acceptors (Lipinski definition) is 5. The van der Waals surface area contributed by atoms with E-state index >= 15 is 0 Å². The number of nitrogens with one attached hydrogen (secondary N) is 1. The van der Waals surface area contributed by atoms with E-state index in [0.29, 0.717) is 18.7 Å². The number of carbonyl (C=O) groups is 2. The van der Waals surface area contributed by atoms with Gasteiger partial charge in [-0.2, -0.15) is 0 Å². The lowest BCUT2D eigenvalue weighted by atomic mass is 10.2. The van der Waals surface area contributed by atoms with Crippen LogP contribution in [-0.4, -0.2) is 66.1 Å². The summed E-state index contributed by atoms with van der Waals surface area (Å²) in [6, 6.07) is 3.21. The van der Waals surface area contributed by atoms with Gasteiger partial charge in [0.25, 0.3) is 5.91 Å². The number of hydrogen-bond donors (Lipinski definition) is 1. The van der Waals surface area contributed by atoms with Gasteiger partial charge in [0.15, 0.2) is 0 Å². The number of carbonyl (C=O) groups excluding carboxylic acids is 2. The van der Waals surface area contributed by atoms with Crippen LogP contribution in [0.2, 0.25) is 0 Å². The van der Waals surface area contributed by atoms with Crippen LogP contribution in [0.4, 0.5) is 5.82 Å². The van der Waals surface area contributed by atoms with Gasteiger partial charge in [0.2, 0.25) is 5.91 Å². The molecule has 7 nitrogen and oxygen atoms in total. The monoisotopic (exact) mass is 346 g/mol. The third-order valence-corrected chi connectivity index (χ3v) is 4.72. The Kier molecular flexibility index (Phi) is 5.22. The van der Waals surface area contributed by atoms with Gasteiger partial charge in [0.1, 0.15) is 11.9 Å². The Morgan fingerprint density at radius 3 is 2.60 bits per heavy atom. The third kappa shape index (κ3) is 3.92. The number of amides is 2. The van der Waals surface area contributed by atoms with E-state index in [1.165, 1.54) is 0 Å². The minimum atomic E-state index is -0.462. The predicted octanol–water partition coefficient (Wildman–Crippen LogP) is 1.05. The first-order valence-corrected chi connectivity index (χ1v) is 8.91. The number of morpholine rings is 1. The molecule has 2 aliphatic rings. The lowest BCUT2D eigenvalue weighted by Gasteiger charge is -2.36. The Bertz CT molecular complexity index is 624. The molecule has 2 amide bonds. The first-order chi connectivity index (χ1) is 12.0. The van der Waals surface area contributed by atoms with Crippen LogP contribution in [0.3, 0.4) is 0 Å². The topological polar surface area (TPSA) is 74.8 Å². The fourth-order valence-electron chi connectivity index (χ4n) is 3.45. The molecule has 3 unspecified atom stereocenters. The number of pyridine rings is 1. The van der Waals surface area contributed by atoms with E-state index in [1.54, 1.807) is 24.1 Å². The summed E-state index contributed by atoms with van der Waals surface area (Å²) in [5.41, 5.74) is 0.514. The van der Waals surface area contributed by atoms with E-state index in [2.05, 4.69) is 15.2 Å². The molecule has 136 valence electrons. The summed E-state index contributed by atoms with van der Waals surface area (Å²) in [4.78, 5) is 33.0. The van der Waals surface area contributed by atoms with Gasteiger partial charge in [-0.05, 0) is 39.3 Å². The van der Waals surface area contributed by atoms with Crippen LogP contribution < -0.4 is 10.2 Å². The number of nitrogens with zero attached hydrogens (tertiary/aromatic N) is 3. The Balaban J connectivity index is 1.73. The van der Waals surface area contributed by atoms with Crippen molar-refractivity contribution in [1.82, 2.24) is 15.2 Å². The van der Waals surface area contributed by atoms with Gasteiger partial charge < -0.3 is 19.9 Å². The molecule has 1 aromatic rings. The van der Waals surface area contributed by atoms with E-state index in [-0.39, 0.29) is 24.0 Å². The van der Waals surface area contributed by atoms with Gasteiger partial charge in [-0.3, -0.25) is 9.59 Å². The van der Waals surface area contributed by atoms with Crippen molar-refractivity contribution in [3.05, 3.63) is 23.9 Å². The number of ether oxygens (including phenoxy) is 1. The predicted molar refractivity (Wildman–Crippen MR) is 94.6 cm³/mol. The Labute approximate surface area is 148 Å². The van der Waals surface area contributed by atoms with Gasteiger partial charge in [-0.15, -0.1) is 0 Å². The van der Waals surface area contributed by atoms with Crippen molar-refractivity contribution in [2.75, 3.05) is 31.1 Å². The highest BCUT2D eigenvalue weighted by Gasteiger charge is 2.29. The minimum Gasteiger partial charge on any atom is -0.372 e. The van der Waals surface area contributed by atoms with E-state index in [9.17, 15) is 9.59 Å². The van der Waals surface area contributed by atoms with Crippen LogP contribution in [0.25, 0.3) is 0 Å². The first-order valence-electron chi connectivity index (χ1n) is 8.91. The van der Waals surface area contributed by atoms with Gasteiger partial charge in [-0.25, -0.2) is 4.98 Å². The van der Waals surface area contributed by atoms with Crippen LogP contribution >= 0.6 is 0 Å². The number of aromatic nitrogens is 1. The SMILES string of the molecule is CC1CN(c2ccc(C(=O)N3CCCNC(=O)C3C)cn2)CC(C)O1. The number of anilines is 1. The van der Waals surface area contributed by atoms with Gasteiger partial charge >= 0.3 is 0 Å². The van der Waals surface area contributed by atoms with Crippen molar-refractivity contribution in [2.45, 2.75) is 45.4 Å². The van der Waals surface area contributed by atoms with Crippen LogP contribution in [-0.2, 0) is 9.53 Å². The molecule has 3 atom stereocenters. The maximum Gasteiger partial charge on any atom is 0.256 e. The minimum absolute atomic E-state index is 0.105. The average Bonchev–Trinajstić information content (AvgIpc) is 2.75. The zero-order chi connectivity index (χ0) is 18.0. The molecule has 0 aliphatic carbocycles. The summed E-state index contributed by atoms with van der Waals surface area (Å²) in [6.07, 6.45) is 2.68. The van der Waals surface area contributed by atoms with Crippen molar-refractivity contribution < 1.29 is 14.3 Å². The molecule has 25 heavy (non-hydrogen) atoms. The van der Waals surface area contributed by atoms with Gasteiger partial charge in [0.05, 0.1) is 17.8 Å². The lowest BCUT2D eigenvalue weighted by molar-refractivity contribution is -0.124. The summed E-state index contributed by atoms with van der Waals surface area (Å²) in [6.45, 7) is 8.61. The lowest BCUT2D eigenvalue weighted by Crippen LogP contribution is -2.46. The quantitative estimate of drug-likeness (QED) is 0.866. The average molecular weight is 346 g/mol. The largest absolute Gasteiger partial charge is 0.372 e. The summed E-state index contributed by atoms with van der Waals surface area (Å²) in [5.74, 6) is 0.597. The molecule has 1 aromatic heterocycles. The van der Waals surface area contributed by atoms with Crippen molar-refractivity contribution >= 4 is 17.6 Å².